The van der Waals surface area contributed by atoms with Crippen LogP contribution in [0.2, 0.25) is 0 Å². The molecule has 0 unspecified atom stereocenters. The summed E-state index contributed by atoms with van der Waals surface area (Å²) >= 11 is 1.57. The first kappa shape index (κ1) is 25.0. The normalized spacial score (nSPS) is 14.3. The number of ether oxygens (including phenoxy) is 3. The molecule has 6 nitrogen and oxygen atoms in total. The lowest BCUT2D eigenvalue weighted by Gasteiger charge is -2.39. The first-order chi connectivity index (χ1) is 16.9. The van der Waals surface area contributed by atoms with Crippen molar-refractivity contribution in [1.29, 1.82) is 0 Å². The van der Waals surface area contributed by atoms with E-state index in [0.717, 1.165) is 28.4 Å². The van der Waals surface area contributed by atoms with Crippen LogP contribution >= 0.6 is 11.8 Å². The number of hydrogen-bond donors (Lipinski definition) is 0. The summed E-state index contributed by atoms with van der Waals surface area (Å²) < 4.78 is 15.8. The largest absolute Gasteiger partial charge is 0.514 e. The lowest BCUT2D eigenvalue weighted by molar-refractivity contribution is -0.00430. The van der Waals surface area contributed by atoms with Crippen LogP contribution in [-0.2, 0) is 16.1 Å². The molecule has 1 aliphatic heterocycles. The summed E-state index contributed by atoms with van der Waals surface area (Å²) in [6.07, 6.45) is -0.741. The highest BCUT2D eigenvalue weighted by molar-refractivity contribution is 7.99. The Hall–Kier alpha value is -3.13. The highest BCUT2D eigenvalue weighted by Gasteiger charge is 2.35. The number of carbonyl (C=O) groups is 2. The minimum absolute atomic E-state index is 0.108. The van der Waals surface area contributed by atoms with Crippen molar-refractivity contribution in [2.24, 2.45) is 0 Å². The Balaban J connectivity index is 1.30. The third-order valence-corrected chi connectivity index (χ3v) is 6.95. The van der Waals surface area contributed by atoms with Crippen LogP contribution in [0.15, 0.2) is 88.7 Å². The maximum absolute atomic E-state index is 13.1. The van der Waals surface area contributed by atoms with Crippen molar-refractivity contribution in [3.63, 3.8) is 0 Å². The Morgan fingerprint density at radius 1 is 0.886 bits per heavy atom. The van der Waals surface area contributed by atoms with Crippen molar-refractivity contribution in [2.75, 3.05) is 26.3 Å². The fourth-order valence-corrected chi connectivity index (χ4v) is 4.66. The maximum Gasteiger partial charge on any atom is 0.514 e. The average Bonchev–Trinajstić information content (AvgIpc) is 2.90. The summed E-state index contributed by atoms with van der Waals surface area (Å²) in [6.45, 7) is 6.95. The van der Waals surface area contributed by atoms with Crippen LogP contribution in [0.1, 0.15) is 29.8 Å². The standard InChI is InChI=1S/C28H29NO5S/c1-28(2,29-16-18-32-19-17-29)26(30)22-8-12-24(13-9-22)35-25-14-10-23(11-15-25)34-27(31)33-20-21-6-4-3-5-7-21/h3-15H,16-20H2,1-2H3. The summed E-state index contributed by atoms with van der Waals surface area (Å²) in [5.74, 6) is 0.523. The van der Waals surface area contributed by atoms with Crippen LogP contribution in [0.3, 0.4) is 0 Å². The molecule has 0 saturated carbocycles. The van der Waals surface area contributed by atoms with Crippen molar-refractivity contribution < 1.29 is 23.8 Å². The highest BCUT2D eigenvalue weighted by Crippen LogP contribution is 2.30. The minimum atomic E-state index is -0.741. The van der Waals surface area contributed by atoms with Crippen molar-refractivity contribution in [2.45, 2.75) is 35.8 Å². The molecule has 0 aromatic heterocycles. The van der Waals surface area contributed by atoms with E-state index < -0.39 is 11.7 Å². The van der Waals surface area contributed by atoms with Gasteiger partial charge in [-0.1, -0.05) is 54.2 Å². The molecule has 0 atom stereocenters. The summed E-state index contributed by atoms with van der Waals surface area (Å²) in [5, 5.41) is 0. The molecular weight excluding hydrogens is 462 g/mol. The van der Waals surface area contributed by atoms with Crippen LogP contribution < -0.4 is 4.74 Å². The Bertz CT molecular complexity index is 1120. The van der Waals surface area contributed by atoms with Gasteiger partial charge in [0.05, 0.1) is 18.8 Å². The van der Waals surface area contributed by atoms with Gasteiger partial charge >= 0.3 is 6.16 Å². The molecule has 1 saturated heterocycles. The number of benzene rings is 3. The van der Waals surface area contributed by atoms with Gasteiger partial charge in [0, 0.05) is 28.4 Å². The second-order valence-electron chi connectivity index (χ2n) is 8.71. The van der Waals surface area contributed by atoms with Gasteiger partial charge in [0.2, 0.25) is 0 Å². The van der Waals surface area contributed by atoms with E-state index in [1.54, 1.807) is 23.9 Å². The van der Waals surface area contributed by atoms with E-state index in [-0.39, 0.29) is 12.4 Å². The van der Waals surface area contributed by atoms with Gasteiger partial charge in [0.25, 0.3) is 0 Å². The van der Waals surface area contributed by atoms with Crippen molar-refractivity contribution in [3.05, 3.63) is 90.0 Å². The van der Waals surface area contributed by atoms with E-state index in [0.29, 0.717) is 24.5 Å². The predicted octanol–water partition coefficient (Wildman–Crippen LogP) is 5.85. The van der Waals surface area contributed by atoms with Crippen LogP contribution in [0.5, 0.6) is 5.75 Å². The number of rotatable bonds is 8. The summed E-state index contributed by atoms with van der Waals surface area (Å²) in [5.41, 5.74) is 1.02. The Kier molecular flexibility index (Phi) is 8.23. The van der Waals surface area contributed by atoms with Crippen molar-refractivity contribution >= 4 is 23.7 Å². The molecule has 0 aliphatic carbocycles. The predicted molar refractivity (Wildman–Crippen MR) is 135 cm³/mol. The maximum atomic E-state index is 13.1. The molecule has 3 aromatic rings. The second kappa shape index (κ2) is 11.5. The molecule has 1 aliphatic rings. The van der Waals surface area contributed by atoms with Gasteiger partial charge in [-0.2, -0.15) is 0 Å². The molecule has 1 fully saturated rings. The fourth-order valence-electron chi connectivity index (χ4n) is 3.85. The van der Waals surface area contributed by atoms with Gasteiger partial charge < -0.3 is 14.2 Å². The van der Waals surface area contributed by atoms with Crippen LogP contribution in [-0.4, -0.2) is 48.7 Å². The number of morpholine rings is 1. The topological polar surface area (TPSA) is 65.1 Å². The minimum Gasteiger partial charge on any atom is -0.429 e. The van der Waals surface area contributed by atoms with E-state index in [9.17, 15) is 9.59 Å². The Morgan fingerprint density at radius 3 is 2.11 bits per heavy atom. The zero-order valence-corrected chi connectivity index (χ0v) is 20.8. The van der Waals surface area contributed by atoms with Gasteiger partial charge in [0.1, 0.15) is 12.4 Å². The summed E-state index contributed by atoms with van der Waals surface area (Å²) in [6, 6.07) is 24.3. The molecule has 3 aromatic carbocycles. The van der Waals surface area contributed by atoms with Gasteiger partial charge in [-0.05, 0) is 55.8 Å². The molecule has 7 heteroatoms. The number of Topliss-reactive ketones (excluding diaryl/α,β-unsaturated/α-hetero) is 1. The third-order valence-electron chi connectivity index (χ3n) is 5.93. The smallest absolute Gasteiger partial charge is 0.429 e. The van der Waals surface area contributed by atoms with Crippen LogP contribution in [0.4, 0.5) is 4.79 Å². The Labute approximate surface area is 210 Å². The molecule has 1 heterocycles. The average molecular weight is 492 g/mol. The van der Waals surface area contributed by atoms with Crippen molar-refractivity contribution in [3.8, 4) is 5.75 Å². The monoisotopic (exact) mass is 491 g/mol. The Morgan fingerprint density at radius 2 is 1.49 bits per heavy atom. The van der Waals surface area contributed by atoms with Gasteiger partial charge in [-0.3, -0.25) is 9.69 Å². The van der Waals surface area contributed by atoms with Crippen molar-refractivity contribution in [1.82, 2.24) is 4.90 Å². The van der Waals surface area contributed by atoms with E-state index in [1.165, 1.54) is 0 Å². The summed E-state index contributed by atoms with van der Waals surface area (Å²) in [4.78, 5) is 29.3. The van der Waals surface area contributed by atoms with Gasteiger partial charge in [0.15, 0.2) is 5.78 Å². The molecule has 0 radical (unpaired) electrons. The lowest BCUT2D eigenvalue weighted by Crippen LogP contribution is -2.54. The molecule has 0 bridgehead atoms. The molecule has 182 valence electrons. The third kappa shape index (κ3) is 6.72. The first-order valence-electron chi connectivity index (χ1n) is 11.6. The van der Waals surface area contributed by atoms with Gasteiger partial charge in [-0.25, -0.2) is 4.79 Å². The number of nitrogens with zero attached hydrogens (tertiary/aromatic N) is 1. The number of carbonyl (C=O) groups excluding carboxylic acids is 2. The first-order valence-corrected chi connectivity index (χ1v) is 12.4. The van der Waals surface area contributed by atoms with E-state index in [1.807, 2.05) is 80.6 Å². The fraction of sp³-hybridized carbons (Fsp3) is 0.286. The second-order valence-corrected chi connectivity index (χ2v) is 9.86. The molecule has 0 amide bonds. The van der Waals surface area contributed by atoms with Gasteiger partial charge in [-0.15, -0.1) is 0 Å². The zero-order chi connectivity index (χ0) is 24.7. The quantitative estimate of drug-likeness (QED) is 0.223. The van der Waals surface area contributed by atoms with Crippen LogP contribution in [0.25, 0.3) is 0 Å². The lowest BCUT2D eigenvalue weighted by atomic mass is 9.91. The highest BCUT2D eigenvalue weighted by atomic mass is 32.2. The van der Waals surface area contributed by atoms with E-state index in [2.05, 4.69) is 4.90 Å². The number of hydrogen-bond acceptors (Lipinski definition) is 7. The molecule has 4 rings (SSSR count). The van der Waals surface area contributed by atoms with Crippen LogP contribution in [0, 0.1) is 0 Å². The van der Waals surface area contributed by atoms with E-state index in [4.69, 9.17) is 14.2 Å². The zero-order valence-electron chi connectivity index (χ0n) is 19.9. The number of ketones is 1. The molecule has 35 heavy (non-hydrogen) atoms. The molecule has 0 N–H and O–H groups in total. The molecule has 0 spiro atoms. The summed E-state index contributed by atoms with van der Waals surface area (Å²) in [7, 11) is 0. The molecular formula is C28H29NO5S. The SMILES string of the molecule is CC(C)(C(=O)c1ccc(Sc2ccc(OC(=O)OCc3ccccc3)cc2)cc1)N1CCOCC1. The van der Waals surface area contributed by atoms with E-state index >= 15 is 0 Å².